The average molecular weight is 262 g/mol. The van der Waals surface area contributed by atoms with Crippen LogP contribution in [0.15, 0.2) is 18.3 Å². The molecule has 0 aliphatic carbocycles. The van der Waals surface area contributed by atoms with Gasteiger partial charge >= 0.3 is 5.69 Å². The molecule has 0 fully saturated rings. The van der Waals surface area contributed by atoms with Gasteiger partial charge in [0.15, 0.2) is 12.0 Å². The zero-order valence-electron chi connectivity index (χ0n) is 10.2. The number of benzene rings is 1. The summed E-state index contributed by atoms with van der Waals surface area (Å²) >= 11 is 0. The zero-order chi connectivity index (χ0) is 14.0. The minimum atomic E-state index is -0.613. The largest absolute Gasteiger partial charge is 0.493 e. The Kier molecular flexibility index (Phi) is 3.28. The van der Waals surface area contributed by atoms with Crippen molar-refractivity contribution in [1.82, 2.24) is 4.98 Å². The highest BCUT2D eigenvalue weighted by atomic mass is 16.6. The molecular weight excluding hydrogens is 252 g/mol. The van der Waals surface area contributed by atoms with Crippen molar-refractivity contribution < 1.29 is 19.2 Å². The topological polar surface area (TPSA) is 91.6 Å². The van der Waals surface area contributed by atoms with E-state index in [1.165, 1.54) is 20.4 Å². The van der Waals surface area contributed by atoms with Crippen LogP contribution in [-0.4, -0.2) is 30.4 Å². The van der Waals surface area contributed by atoms with Crippen molar-refractivity contribution >= 4 is 22.7 Å². The number of aromatic nitrogens is 1. The molecule has 0 aliphatic rings. The van der Waals surface area contributed by atoms with Gasteiger partial charge in [0, 0.05) is 6.20 Å². The van der Waals surface area contributed by atoms with Gasteiger partial charge < -0.3 is 9.47 Å². The number of ether oxygens (including phenoxy) is 2. The zero-order valence-corrected chi connectivity index (χ0v) is 10.2. The lowest BCUT2D eigenvalue weighted by Crippen LogP contribution is -2.01. The molecule has 98 valence electrons. The van der Waals surface area contributed by atoms with Crippen molar-refractivity contribution in [3.05, 3.63) is 34.1 Å². The second kappa shape index (κ2) is 4.89. The van der Waals surface area contributed by atoms with Crippen molar-refractivity contribution in [2.45, 2.75) is 0 Å². The Bertz CT molecular complexity index is 669. The summed E-state index contributed by atoms with van der Waals surface area (Å²) in [5, 5.41) is 11.9. The minimum Gasteiger partial charge on any atom is -0.493 e. The Balaban J connectivity index is 3.02. The Morgan fingerprint density at radius 3 is 2.63 bits per heavy atom. The number of methoxy groups -OCH3 is 2. The van der Waals surface area contributed by atoms with E-state index in [-0.39, 0.29) is 28.3 Å². The quantitative estimate of drug-likeness (QED) is 0.475. The van der Waals surface area contributed by atoms with Crippen LogP contribution in [-0.2, 0) is 0 Å². The monoisotopic (exact) mass is 262 g/mol. The van der Waals surface area contributed by atoms with Crippen molar-refractivity contribution in [2.24, 2.45) is 0 Å². The molecule has 0 spiro atoms. The number of pyridine rings is 1. The van der Waals surface area contributed by atoms with Crippen molar-refractivity contribution in [2.75, 3.05) is 14.2 Å². The number of aldehydes is 1. The van der Waals surface area contributed by atoms with E-state index < -0.39 is 4.92 Å². The van der Waals surface area contributed by atoms with E-state index in [9.17, 15) is 14.9 Å². The van der Waals surface area contributed by atoms with Crippen LogP contribution in [0.3, 0.4) is 0 Å². The summed E-state index contributed by atoms with van der Waals surface area (Å²) < 4.78 is 10.1. The van der Waals surface area contributed by atoms with Gasteiger partial charge in [-0.05, 0) is 17.5 Å². The highest BCUT2D eigenvalue weighted by Gasteiger charge is 2.26. The minimum absolute atomic E-state index is 0.00912. The first kappa shape index (κ1) is 12.7. The third kappa shape index (κ3) is 1.95. The van der Waals surface area contributed by atoms with E-state index in [4.69, 9.17) is 9.47 Å². The van der Waals surface area contributed by atoms with Gasteiger partial charge in [-0.2, -0.15) is 0 Å². The molecule has 2 rings (SSSR count). The SMILES string of the molecule is COc1cc2ccnc(C=O)c2c([N+](=O)[O-])c1OC. The van der Waals surface area contributed by atoms with Gasteiger partial charge in [0.1, 0.15) is 5.69 Å². The molecule has 7 nitrogen and oxygen atoms in total. The summed E-state index contributed by atoms with van der Waals surface area (Å²) in [6, 6.07) is 3.13. The Morgan fingerprint density at radius 2 is 2.11 bits per heavy atom. The van der Waals surface area contributed by atoms with Crippen molar-refractivity contribution in [1.29, 1.82) is 0 Å². The number of rotatable bonds is 4. The molecule has 0 bridgehead atoms. The summed E-state index contributed by atoms with van der Waals surface area (Å²) in [5.74, 6) is 0.195. The van der Waals surface area contributed by atoms with Gasteiger partial charge in [-0.15, -0.1) is 0 Å². The summed E-state index contributed by atoms with van der Waals surface area (Å²) in [6.45, 7) is 0. The fourth-order valence-corrected chi connectivity index (χ4v) is 1.92. The van der Waals surface area contributed by atoms with Crippen molar-refractivity contribution in [3.63, 3.8) is 0 Å². The second-order valence-corrected chi connectivity index (χ2v) is 3.63. The first-order valence-corrected chi connectivity index (χ1v) is 5.27. The molecule has 0 atom stereocenters. The number of hydrogen-bond acceptors (Lipinski definition) is 6. The maximum absolute atomic E-state index is 11.3. The molecule has 2 aromatic rings. The molecule has 1 aromatic carbocycles. The highest BCUT2D eigenvalue weighted by Crippen LogP contribution is 2.43. The van der Waals surface area contributed by atoms with E-state index in [0.29, 0.717) is 11.7 Å². The molecule has 0 aliphatic heterocycles. The summed E-state index contributed by atoms with van der Waals surface area (Å²) in [7, 11) is 2.68. The summed E-state index contributed by atoms with van der Waals surface area (Å²) in [4.78, 5) is 25.5. The lowest BCUT2D eigenvalue weighted by atomic mass is 10.1. The van der Waals surface area contributed by atoms with Crippen LogP contribution in [0.5, 0.6) is 11.5 Å². The second-order valence-electron chi connectivity index (χ2n) is 3.63. The highest BCUT2D eigenvalue weighted by molar-refractivity contribution is 6.04. The maximum Gasteiger partial charge on any atom is 0.324 e. The van der Waals surface area contributed by atoms with Gasteiger partial charge in [-0.1, -0.05) is 0 Å². The number of nitro groups is 1. The third-order valence-electron chi connectivity index (χ3n) is 2.69. The van der Waals surface area contributed by atoms with Gasteiger partial charge in [0.25, 0.3) is 0 Å². The Morgan fingerprint density at radius 1 is 1.37 bits per heavy atom. The summed E-state index contributed by atoms with van der Waals surface area (Å²) in [5.41, 5.74) is -0.336. The smallest absolute Gasteiger partial charge is 0.324 e. The summed E-state index contributed by atoms with van der Waals surface area (Å²) in [6.07, 6.45) is 1.88. The molecule has 0 N–H and O–H groups in total. The average Bonchev–Trinajstić information content (AvgIpc) is 2.43. The molecule has 0 amide bonds. The lowest BCUT2D eigenvalue weighted by molar-refractivity contribution is -0.384. The normalized spacial score (nSPS) is 10.2. The molecule has 7 heteroatoms. The van der Waals surface area contributed by atoms with E-state index in [1.54, 1.807) is 12.1 Å². The molecule has 19 heavy (non-hydrogen) atoms. The number of carbonyl (C=O) groups excluding carboxylic acids is 1. The van der Waals surface area contributed by atoms with Crippen molar-refractivity contribution in [3.8, 4) is 11.5 Å². The number of carbonyl (C=O) groups is 1. The molecule has 0 saturated carbocycles. The van der Waals surface area contributed by atoms with E-state index >= 15 is 0 Å². The van der Waals surface area contributed by atoms with Crippen LogP contribution in [0, 0.1) is 10.1 Å². The third-order valence-corrected chi connectivity index (χ3v) is 2.69. The van der Waals surface area contributed by atoms with Crippen LogP contribution < -0.4 is 9.47 Å². The first-order valence-electron chi connectivity index (χ1n) is 5.27. The maximum atomic E-state index is 11.3. The van der Waals surface area contributed by atoms with Gasteiger partial charge in [0.2, 0.25) is 5.75 Å². The molecule has 0 unspecified atom stereocenters. The number of fused-ring (bicyclic) bond motifs is 1. The number of nitrogens with zero attached hydrogens (tertiary/aromatic N) is 2. The molecular formula is C12H10N2O5. The Labute approximate surface area is 107 Å². The number of nitro benzene ring substituents is 1. The molecule has 0 saturated heterocycles. The lowest BCUT2D eigenvalue weighted by Gasteiger charge is -2.10. The molecule has 1 heterocycles. The first-order chi connectivity index (χ1) is 9.13. The van der Waals surface area contributed by atoms with Crippen LogP contribution in [0.1, 0.15) is 10.5 Å². The van der Waals surface area contributed by atoms with E-state index in [1.807, 2.05) is 0 Å². The van der Waals surface area contributed by atoms with Gasteiger partial charge in [0.05, 0.1) is 24.5 Å². The molecule has 1 aromatic heterocycles. The standard InChI is InChI=1S/C12H10N2O5/c1-18-9-5-7-3-4-13-8(6-15)10(7)11(14(16)17)12(9)19-2/h3-6H,1-2H3. The predicted molar refractivity (Wildman–Crippen MR) is 66.9 cm³/mol. The number of hydrogen-bond donors (Lipinski definition) is 0. The van der Waals surface area contributed by atoms with Crippen LogP contribution in [0.2, 0.25) is 0 Å². The predicted octanol–water partition coefficient (Wildman–Crippen LogP) is 1.97. The van der Waals surface area contributed by atoms with Gasteiger partial charge in [-0.3, -0.25) is 19.9 Å². The van der Waals surface area contributed by atoms with Crippen LogP contribution in [0.4, 0.5) is 5.69 Å². The van der Waals surface area contributed by atoms with Crippen LogP contribution in [0.25, 0.3) is 10.8 Å². The Hall–Kier alpha value is -2.70. The fraction of sp³-hybridized carbons (Fsp3) is 0.167. The van der Waals surface area contributed by atoms with E-state index in [0.717, 1.165) is 0 Å². The van der Waals surface area contributed by atoms with E-state index in [2.05, 4.69) is 4.98 Å². The van der Waals surface area contributed by atoms with Gasteiger partial charge in [-0.25, -0.2) is 0 Å². The fourth-order valence-electron chi connectivity index (χ4n) is 1.92. The van der Waals surface area contributed by atoms with Crippen LogP contribution >= 0.6 is 0 Å². The molecule has 0 radical (unpaired) electrons.